The van der Waals surface area contributed by atoms with Crippen molar-refractivity contribution in [2.24, 2.45) is 0 Å². The molecule has 0 fully saturated rings. The topological polar surface area (TPSA) is 60.6 Å². The molecule has 0 radical (unpaired) electrons. The van der Waals surface area contributed by atoms with Crippen LogP contribution in [0.15, 0.2) is 49.3 Å². The van der Waals surface area contributed by atoms with Gasteiger partial charge in [-0.2, -0.15) is 5.10 Å². The molecule has 3 aromatic rings. The SMILES string of the molecule is CCn1cncc1CNc1cccnc1-n1cccn1. The van der Waals surface area contributed by atoms with Gasteiger partial charge in [0.1, 0.15) is 0 Å². The summed E-state index contributed by atoms with van der Waals surface area (Å²) >= 11 is 0. The molecule has 0 aliphatic rings. The minimum Gasteiger partial charge on any atom is -0.376 e. The van der Waals surface area contributed by atoms with Gasteiger partial charge in [-0.05, 0) is 25.1 Å². The number of hydrogen-bond donors (Lipinski definition) is 1. The maximum Gasteiger partial charge on any atom is 0.176 e. The van der Waals surface area contributed by atoms with Crippen LogP contribution in [0.5, 0.6) is 0 Å². The van der Waals surface area contributed by atoms with Crippen molar-refractivity contribution in [2.75, 3.05) is 5.32 Å². The Morgan fingerprint density at radius 2 is 2.20 bits per heavy atom. The summed E-state index contributed by atoms with van der Waals surface area (Å²) in [6.07, 6.45) is 9.10. The van der Waals surface area contributed by atoms with Gasteiger partial charge in [0.2, 0.25) is 0 Å². The van der Waals surface area contributed by atoms with E-state index < -0.39 is 0 Å². The van der Waals surface area contributed by atoms with Crippen molar-refractivity contribution in [3.8, 4) is 5.82 Å². The smallest absolute Gasteiger partial charge is 0.176 e. The molecule has 3 rings (SSSR count). The lowest BCUT2D eigenvalue weighted by Crippen LogP contribution is -2.09. The molecule has 6 nitrogen and oxygen atoms in total. The fourth-order valence-electron chi connectivity index (χ4n) is 2.08. The minimum absolute atomic E-state index is 0.702. The average Bonchev–Trinajstić information content (AvgIpc) is 3.16. The van der Waals surface area contributed by atoms with E-state index >= 15 is 0 Å². The molecule has 3 heterocycles. The first kappa shape index (κ1) is 12.4. The predicted molar refractivity (Wildman–Crippen MR) is 76.6 cm³/mol. The quantitative estimate of drug-likeness (QED) is 0.769. The summed E-state index contributed by atoms with van der Waals surface area (Å²) in [5.41, 5.74) is 2.09. The summed E-state index contributed by atoms with van der Waals surface area (Å²) in [5.74, 6) is 0.792. The molecule has 102 valence electrons. The Morgan fingerprint density at radius 3 is 3.00 bits per heavy atom. The van der Waals surface area contributed by atoms with Crippen LogP contribution in [0.2, 0.25) is 0 Å². The molecule has 0 saturated heterocycles. The van der Waals surface area contributed by atoms with E-state index in [1.165, 1.54) is 0 Å². The Balaban J connectivity index is 1.81. The van der Waals surface area contributed by atoms with Crippen molar-refractivity contribution >= 4 is 5.69 Å². The van der Waals surface area contributed by atoms with Gasteiger partial charge < -0.3 is 9.88 Å². The van der Waals surface area contributed by atoms with Gasteiger partial charge >= 0.3 is 0 Å². The Bertz CT molecular complexity index is 671. The molecular formula is C14H16N6. The molecule has 0 aliphatic heterocycles. The predicted octanol–water partition coefficient (Wildman–Crippen LogP) is 2.10. The minimum atomic E-state index is 0.702. The van der Waals surface area contributed by atoms with Crippen molar-refractivity contribution in [2.45, 2.75) is 20.0 Å². The van der Waals surface area contributed by atoms with Gasteiger partial charge in [0.05, 0.1) is 24.3 Å². The van der Waals surface area contributed by atoms with Gasteiger partial charge in [0, 0.05) is 31.3 Å². The van der Waals surface area contributed by atoms with E-state index in [4.69, 9.17) is 0 Å². The first-order valence-corrected chi connectivity index (χ1v) is 6.56. The number of rotatable bonds is 5. The van der Waals surface area contributed by atoms with Crippen LogP contribution in [0.3, 0.4) is 0 Å². The molecule has 0 saturated carbocycles. The number of nitrogens with zero attached hydrogens (tertiary/aromatic N) is 5. The maximum absolute atomic E-state index is 4.38. The van der Waals surface area contributed by atoms with Crippen molar-refractivity contribution in [1.29, 1.82) is 0 Å². The molecule has 0 atom stereocenters. The van der Waals surface area contributed by atoms with E-state index in [9.17, 15) is 0 Å². The largest absolute Gasteiger partial charge is 0.376 e. The van der Waals surface area contributed by atoms with Crippen LogP contribution in [-0.2, 0) is 13.1 Å². The highest BCUT2D eigenvalue weighted by molar-refractivity contribution is 5.56. The third kappa shape index (κ3) is 2.40. The van der Waals surface area contributed by atoms with Crippen molar-refractivity contribution < 1.29 is 0 Å². The molecule has 0 bridgehead atoms. The number of nitrogens with one attached hydrogen (secondary N) is 1. The Hall–Kier alpha value is -2.63. The highest BCUT2D eigenvalue weighted by Crippen LogP contribution is 2.17. The van der Waals surface area contributed by atoms with E-state index in [-0.39, 0.29) is 0 Å². The first-order chi connectivity index (χ1) is 9.88. The Morgan fingerprint density at radius 1 is 1.25 bits per heavy atom. The fraction of sp³-hybridized carbons (Fsp3) is 0.214. The number of aromatic nitrogens is 5. The number of pyridine rings is 1. The van der Waals surface area contributed by atoms with E-state index in [2.05, 4.69) is 31.9 Å². The van der Waals surface area contributed by atoms with Crippen molar-refractivity contribution in [3.05, 3.63) is 55.0 Å². The van der Waals surface area contributed by atoms with Crippen LogP contribution in [0, 0.1) is 0 Å². The lowest BCUT2D eigenvalue weighted by Gasteiger charge is -2.11. The standard InChI is InChI=1S/C14H16N6/c1-2-19-11-15-9-12(19)10-17-13-5-3-6-16-14(13)20-8-4-7-18-20/h3-9,11,17H,2,10H2,1H3. The molecule has 20 heavy (non-hydrogen) atoms. The molecule has 0 unspecified atom stereocenters. The molecule has 0 aliphatic carbocycles. The van der Waals surface area contributed by atoms with Gasteiger partial charge in [-0.15, -0.1) is 0 Å². The summed E-state index contributed by atoms with van der Waals surface area (Å²) in [6.45, 7) is 3.72. The monoisotopic (exact) mass is 268 g/mol. The van der Waals surface area contributed by atoms with Crippen LogP contribution in [0.25, 0.3) is 5.82 Å². The number of hydrogen-bond acceptors (Lipinski definition) is 4. The number of aryl methyl sites for hydroxylation is 1. The van der Waals surface area contributed by atoms with Gasteiger partial charge in [-0.1, -0.05) is 0 Å². The average molecular weight is 268 g/mol. The molecule has 0 spiro atoms. The molecule has 0 amide bonds. The van der Waals surface area contributed by atoms with Gasteiger partial charge in [0.25, 0.3) is 0 Å². The normalized spacial score (nSPS) is 10.7. The number of anilines is 1. The van der Waals surface area contributed by atoms with Gasteiger partial charge in [-0.25, -0.2) is 14.6 Å². The van der Waals surface area contributed by atoms with Gasteiger partial charge in [-0.3, -0.25) is 0 Å². The zero-order chi connectivity index (χ0) is 13.8. The third-order valence-electron chi connectivity index (χ3n) is 3.11. The molecule has 3 aromatic heterocycles. The second-order valence-electron chi connectivity index (χ2n) is 4.35. The van der Waals surface area contributed by atoms with Crippen LogP contribution < -0.4 is 5.32 Å². The zero-order valence-electron chi connectivity index (χ0n) is 11.3. The van der Waals surface area contributed by atoms with E-state index in [1.807, 2.05) is 36.9 Å². The molecule has 0 aromatic carbocycles. The second-order valence-corrected chi connectivity index (χ2v) is 4.35. The third-order valence-corrected chi connectivity index (χ3v) is 3.11. The van der Waals surface area contributed by atoms with E-state index in [0.717, 1.165) is 23.7 Å². The van der Waals surface area contributed by atoms with E-state index in [0.29, 0.717) is 6.54 Å². The molecule has 1 N–H and O–H groups in total. The van der Waals surface area contributed by atoms with Crippen LogP contribution in [-0.4, -0.2) is 24.3 Å². The van der Waals surface area contributed by atoms with Crippen molar-refractivity contribution in [1.82, 2.24) is 24.3 Å². The Kier molecular flexibility index (Phi) is 3.45. The Labute approximate surface area is 117 Å². The second kappa shape index (κ2) is 5.56. The fourth-order valence-corrected chi connectivity index (χ4v) is 2.08. The summed E-state index contributed by atoms with van der Waals surface area (Å²) in [4.78, 5) is 8.55. The molecule has 6 heteroatoms. The van der Waals surface area contributed by atoms with Crippen LogP contribution >= 0.6 is 0 Å². The lowest BCUT2D eigenvalue weighted by molar-refractivity contribution is 0.719. The zero-order valence-corrected chi connectivity index (χ0v) is 11.3. The van der Waals surface area contributed by atoms with Crippen LogP contribution in [0.1, 0.15) is 12.6 Å². The molecular weight excluding hydrogens is 252 g/mol. The first-order valence-electron chi connectivity index (χ1n) is 6.56. The number of imidazole rings is 1. The van der Waals surface area contributed by atoms with Crippen LogP contribution in [0.4, 0.5) is 5.69 Å². The summed E-state index contributed by atoms with van der Waals surface area (Å²) in [7, 11) is 0. The summed E-state index contributed by atoms with van der Waals surface area (Å²) in [6, 6.07) is 5.79. The van der Waals surface area contributed by atoms with Crippen molar-refractivity contribution in [3.63, 3.8) is 0 Å². The van der Waals surface area contributed by atoms with Gasteiger partial charge in [0.15, 0.2) is 5.82 Å². The highest BCUT2D eigenvalue weighted by atomic mass is 15.3. The highest BCUT2D eigenvalue weighted by Gasteiger charge is 2.06. The van der Waals surface area contributed by atoms with E-state index in [1.54, 1.807) is 17.1 Å². The summed E-state index contributed by atoms with van der Waals surface area (Å²) < 4.78 is 3.86. The lowest BCUT2D eigenvalue weighted by atomic mass is 10.3. The maximum atomic E-state index is 4.38. The summed E-state index contributed by atoms with van der Waals surface area (Å²) in [5, 5.41) is 7.62.